The zero-order valence-electron chi connectivity index (χ0n) is 10.1. The maximum atomic E-state index is 13.0. The molecule has 2 aromatic rings. The molecular formula is C14H9FN2O3. The van der Waals surface area contributed by atoms with Gasteiger partial charge in [0.15, 0.2) is 11.5 Å². The summed E-state index contributed by atoms with van der Waals surface area (Å²) in [6, 6.07) is 8.72. The number of benzene rings is 2. The van der Waals surface area contributed by atoms with Gasteiger partial charge in [0.25, 0.3) is 5.91 Å². The number of halogens is 1. The molecule has 20 heavy (non-hydrogen) atoms. The number of carbonyl (C=O) groups is 1. The topological polar surface area (TPSA) is 93.4 Å². The Morgan fingerprint density at radius 2 is 1.90 bits per heavy atom. The molecule has 0 aliphatic rings. The monoisotopic (exact) mass is 272 g/mol. The predicted octanol–water partition coefficient (Wildman–Crippen LogP) is 2.36. The standard InChI is InChI=1S/C14H9FN2O3/c15-10-2-3-11(9(5-10)7-16)17-14(20)8-1-4-12(18)13(19)6-8/h1-6,18-19H,(H,17,20). The van der Waals surface area contributed by atoms with Crippen molar-refractivity contribution < 1.29 is 19.4 Å². The van der Waals surface area contributed by atoms with Crippen LogP contribution in [0.2, 0.25) is 0 Å². The molecule has 1 amide bonds. The Morgan fingerprint density at radius 3 is 2.55 bits per heavy atom. The molecule has 0 saturated heterocycles. The molecule has 0 aliphatic carbocycles. The Hall–Kier alpha value is -3.07. The zero-order chi connectivity index (χ0) is 14.7. The molecule has 0 aromatic heterocycles. The number of hydrogen-bond donors (Lipinski definition) is 3. The van der Waals surface area contributed by atoms with Crippen LogP contribution >= 0.6 is 0 Å². The van der Waals surface area contributed by atoms with E-state index < -0.39 is 17.5 Å². The maximum Gasteiger partial charge on any atom is 0.255 e. The molecule has 0 atom stereocenters. The van der Waals surface area contributed by atoms with Gasteiger partial charge in [0.05, 0.1) is 11.3 Å². The fourth-order valence-electron chi connectivity index (χ4n) is 1.58. The Morgan fingerprint density at radius 1 is 1.15 bits per heavy atom. The number of amides is 1. The first-order valence-corrected chi connectivity index (χ1v) is 5.54. The third kappa shape index (κ3) is 2.67. The van der Waals surface area contributed by atoms with Gasteiger partial charge in [-0.05, 0) is 36.4 Å². The average molecular weight is 272 g/mol. The number of anilines is 1. The van der Waals surface area contributed by atoms with Crippen molar-refractivity contribution >= 4 is 11.6 Å². The normalized spacial score (nSPS) is 9.80. The van der Waals surface area contributed by atoms with E-state index in [2.05, 4.69) is 5.32 Å². The van der Waals surface area contributed by atoms with Crippen LogP contribution in [-0.2, 0) is 0 Å². The summed E-state index contributed by atoms with van der Waals surface area (Å²) in [7, 11) is 0. The first-order chi connectivity index (χ1) is 9.51. The van der Waals surface area contributed by atoms with Gasteiger partial charge in [-0.2, -0.15) is 5.26 Å². The second-order valence-corrected chi connectivity index (χ2v) is 3.96. The Balaban J connectivity index is 2.28. The number of nitrogens with zero attached hydrogens (tertiary/aromatic N) is 1. The van der Waals surface area contributed by atoms with E-state index >= 15 is 0 Å². The summed E-state index contributed by atoms with van der Waals surface area (Å²) in [4.78, 5) is 11.9. The van der Waals surface area contributed by atoms with Crippen molar-refractivity contribution in [1.82, 2.24) is 0 Å². The third-order valence-corrected chi connectivity index (χ3v) is 2.59. The predicted molar refractivity (Wildman–Crippen MR) is 68.8 cm³/mol. The van der Waals surface area contributed by atoms with E-state index in [1.165, 1.54) is 18.2 Å². The molecule has 2 rings (SSSR count). The quantitative estimate of drug-likeness (QED) is 0.731. The highest BCUT2D eigenvalue weighted by molar-refractivity contribution is 6.05. The number of hydrogen-bond acceptors (Lipinski definition) is 4. The molecule has 100 valence electrons. The number of nitrogens with one attached hydrogen (secondary N) is 1. The van der Waals surface area contributed by atoms with Crippen molar-refractivity contribution in [2.24, 2.45) is 0 Å². The van der Waals surface area contributed by atoms with Crippen LogP contribution in [0.15, 0.2) is 36.4 Å². The van der Waals surface area contributed by atoms with E-state index in [0.717, 1.165) is 18.2 Å². The van der Waals surface area contributed by atoms with Gasteiger partial charge in [-0.3, -0.25) is 4.79 Å². The first-order valence-electron chi connectivity index (χ1n) is 5.54. The highest BCUT2D eigenvalue weighted by atomic mass is 19.1. The Labute approximate surface area is 113 Å². The van der Waals surface area contributed by atoms with Crippen LogP contribution in [0.5, 0.6) is 11.5 Å². The first kappa shape index (κ1) is 13.4. The molecule has 3 N–H and O–H groups in total. The van der Waals surface area contributed by atoms with Crippen molar-refractivity contribution in [3.63, 3.8) is 0 Å². The molecule has 6 heteroatoms. The number of carbonyl (C=O) groups excluding carboxylic acids is 1. The molecule has 0 bridgehead atoms. The maximum absolute atomic E-state index is 13.0. The van der Waals surface area contributed by atoms with Gasteiger partial charge >= 0.3 is 0 Å². The molecule has 0 fully saturated rings. The number of phenols is 2. The van der Waals surface area contributed by atoms with Gasteiger partial charge in [0, 0.05) is 5.56 Å². The van der Waals surface area contributed by atoms with Gasteiger partial charge in [0.2, 0.25) is 0 Å². The fourth-order valence-corrected chi connectivity index (χ4v) is 1.58. The fraction of sp³-hybridized carbons (Fsp3) is 0. The van der Waals surface area contributed by atoms with Crippen LogP contribution in [0.4, 0.5) is 10.1 Å². The van der Waals surface area contributed by atoms with E-state index in [4.69, 9.17) is 10.4 Å². The Kier molecular flexibility index (Phi) is 3.53. The summed E-state index contributed by atoms with van der Waals surface area (Å²) in [5.41, 5.74) is 0.237. The average Bonchev–Trinajstić information content (AvgIpc) is 2.43. The van der Waals surface area contributed by atoms with Crippen molar-refractivity contribution in [3.05, 3.63) is 53.3 Å². The number of phenolic OH excluding ortho intramolecular Hbond substituents is 2. The highest BCUT2D eigenvalue weighted by Gasteiger charge is 2.11. The minimum atomic E-state index is -0.594. The lowest BCUT2D eigenvalue weighted by atomic mass is 10.1. The highest BCUT2D eigenvalue weighted by Crippen LogP contribution is 2.25. The van der Waals surface area contributed by atoms with Gasteiger partial charge in [-0.25, -0.2) is 4.39 Å². The van der Waals surface area contributed by atoms with Gasteiger partial charge < -0.3 is 15.5 Å². The van der Waals surface area contributed by atoms with Crippen molar-refractivity contribution in [2.45, 2.75) is 0 Å². The van der Waals surface area contributed by atoms with Crippen LogP contribution in [0.25, 0.3) is 0 Å². The summed E-state index contributed by atoms with van der Waals surface area (Å²) < 4.78 is 13.0. The number of aromatic hydroxyl groups is 2. The molecule has 5 nitrogen and oxygen atoms in total. The summed E-state index contributed by atoms with van der Waals surface area (Å²) in [6.45, 7) is 0. The van der Waals surface area contributed by atoms with Crippen molar-refractivity contribution in [3.8, 4) is 17.6 Å². The summed E-state index contributed by atoms with van der Waals surface area (Å²) in [5, 5.41) is 29.8. The molecule has 2 aromatic carbocycles. The second-order valence-electron chi connectivity index (χ2n) is 3.96. The Bertz CT molecular complexity index is 723. The molecule has 0 spiro atoms. The lowest BCUT2D eigenvalue weighted by molar-refractivity contribution is 0.102. The van der Waals surface area contributed by atoms with E-state index in [0.29, 0.717) is 0 Å². The van der Waals surface area contributed by atoms with E-state index in [9.17, 15) is 14.3 Å². The summed E-state index contributed by atoms with van der Waals surface area (Å²) in [6.07, 6.45) is 0. The van der Waals surface area contributed by atoms with E-state index in [1.54, 1.807) is 6.07 Å². The zero-order valence-corrected chi connectivity index (χ0v) is 10.1. The molecule has 0 radical (unpaired) electrons. The van der Waals surface area contributed by atoms with Crippen LogP contribution < -0.4 is 5.32 Å². The lowest BCUT2D eigenvalue weighted by Gasteiger charge is -2.07. The van der Waals surface area contributed by atoms with E-state index in [-0.39, 0.29) is 22.6 Å². The minimum Gasteiger partial charge on any atom is -0.504 e. The van der Waals surface area contributed by atoms with Gasteiger partial charge in [0.1, 0.15) is 11.9 Å². The molecular weight excluding hydrogens is 263 g/mol. The summed E-state index contributed by atoms with van der Waals surface area (Å²) in [5.74, 6) is -1.96. The van der Waals surface area contributed by atoms with Gasteiger partial charge in [-0.15, -0.1) is 0 Å². The smallest absolute Gasteiger partial charge is 0.255 e. The lowest BCUT2D eigenvalue weighted by Crippen LogP contribution is -2.12. The number of nitriles is 1. The third-order valence-electron chi connectivity index (χ3n) is 2.59. The van der Waals surface area contributed by atoms with Crippen LogP contribution in [-0.4, -0.2) is 16.1 Å². The molecule has 0 unspecified atom stereocenters. The van der Waals surface area contributed by atoms with Crippen molar-refractivity contribution in [1.29, 1.82) is 5.26 Å². The number of rotatable bonds is 2. The van der Waals surface area contributed by atoms with Crippen LogP contribution in [0.3, 0.4) is 0 Å². The molecule has 0 saturated carbocycles. The van der Waals surface area contributed by atoms with Gasteiger partial charge in [-0.1, -0.05) is 0 Å². The summed E-state index contributed by atoms with van der Waals surface area (Å²) >= 11 is 0. The SMILES string of the molecule is N#Cc1cc(F)ccc1NC(=O)c1ccc(O)c(O)c1. The van der Waals surface area contributed by atoms with Crippen LogP contribution in [0, 0.1) is 17.1 Å². The van der Waals surface area contributed by atoms with E-state index in [1.807, 2.05) is 0 Å². The largest absolute Gasteiger partial charge is 0.504 e. The molecule has 0 aliphatic heterocycles. The second kappa shape index (κ2) is 5.28. The van der Waals surface area contributed by atoms with Crippen LogP contribution in [0.1, 0.15) is 15.9 Å². The van der Waals surface area contributed by atoms with Crippen molar-refractivity contribution in [2.75, 3.05) is 5.32 Å². The minimum absolute atomic E-state index is 0.0126. The molecule has 0 heterocycles.